The molecule has 0 spiro atoms. The van der Waals surface area contributed by atoms with Crippen LogP contribution in [0.4, 0.5) is 5.69 Å². The lowest BCUT2D eigenvalue weighted by molar-refractivity contribution is -0.137. The van der Waals surface area contributed by atoms with Crippen LogP contribution in [0, 0.1) is 5.92 Å². The first-order chi connectivity index (χ1) is 10.3. The number of piperidine rings is 2. The summed E-state index contributed by atoms with van der Waals surface area (Å²) < 4.78 is 0. The van der Waals surface area contributed by atoms with Crippen molar-refractivity contribution in [1.29, 1.82) is 0 Å². The SMILES string of the molecule is Cl.O=C(C1CCNCC1)N1CCCC(Nc2ccccc2)C1. The van der Waals surface area contributed by atoms with Crippen LogP contribution in [0.1, 0.15) is 25.7 Å². The van der Waals surface area contributed by atoms with Crippen molar-refractivity contribution >= 4 is 24.0 Å². The zero-order chi connectivity index (χ0) is 14.5. The monoisotopic (exact) mass is 323 g/mol. The maximum Gasteiger partial charge on any atom is 0.225 e. The normalized spacial score (nSPS) is 22.7. The van der Waals surface area contributed by atoms with Gasteiger partial charge in [-0.25, -0.2) is 0 Å². The summed E-state index contributed by atoms with van der Waals surface area (Å²) in [5.74, 6) is 0.609. The van der Waals surface area contributed by atoms with Gasteiger partial charge in [-0.3, -0.25) is 4.79 Å². The maximum atomic E-state index is 12.6. The molecular formula is C17H26ClN3O. The van der Waals surface area contributed by atoms with Crippen LogP contribution in [0.5, 0.6) is 0 Å². The third kappa shape index (κ3) is 4.37. The quantitative estimate of drug-likeness (QED) is 0.898. The van der Waals surface area contributed by atoms with Crippen molar-refractivity contribution in [3.8, 4) is 0 Å². The summed E-state index contributed by atoms with van der Waals surface area (Å²) in [5, 5.41) is 6.89. The van der Waals surface area contributed by atoms with Gasteiger partial charge in [0.05, 0.1) is 0 Å². The van der Waals surface area contributed by atoms with Crippen LogP contribution in [-0.4, -0.2) is 43.0 Å². The number of halogens is 1. The topological polar surface area (TPSA) is 44.4 Å². The zero-order valence-corrected chi connectivity index (χ0v) is 13.8. The molecule has 1 unspecified atom stereocenters. The lowest BCUT2D eigenvalue weighted by Crippen LogP contribution is -2.48. The summed E-state index contributed by atoms with van der Waals surface area (Å²) in [5.41, 5.74) is 1.15. The molecule has 2 fully saturated rings. The number of benzene rings is 1. The van der Waals surface area contributed by atoms with Gasteiger partial charge in [-0.2, -0.15) is 0 Å². The third-order valence-electron chi connectivity index (χ3n) is 4.57. The van der Waals surface area contributed by atoms with Crippen LogP contribution in [0.3, 0.4) is 0 Å². The van der Waals surface area contributed by atoms with Gasteiger partial charge in [0, 0.05) is 30.7 Å². The van der Waals surface area contributed by atoms with Crippen molar-refractivity contribution in [2.45, 2.75) is 31.7 Å². The number of hydrogen-bond acceptors (Lipinski definition) is 3. The molecule has 1 amide bonds. The van der Waals surface area contributed by atoms with Crippen LogP contribution >= 0.6 is 12.4 Å². The van der Waals surface area contributed by atoms with E-state index in [4.69, 9.17) is 0 Å². The maximum absolute atomic E-state index is 12.6. The van der Waals surface area contributed by atoms with Crippen molar-refractivity contribution in [3.05, 3.63) is 30.3 Å². The molecule has 1 aromatic carbocycles. The molecule has 1 aromatic rings. The fourth-order valence-electron chi connectivity index (χ4n) is 3.39. The van der Waals surface area contributed by atoms with Gasteiger partial charge in [-0.05, 0) is 50.9 Å². The summed E-state index contributed by atoms with van der Waals surface area (Å²) in [6.45, 7) is 3.74. The highest BCUT2D eigenvalue weighted by Crippen LogP contribution is 2.20. The van der Waals surface area contributed by atoms with Gasteiger partial charge in [-0.1, -0.05) is 18.2 Å². The Labute approximate surface area is 139 Å². The highest BCUT2D eigenvalue weighted by molar-refractivity contribution is 5.85. The van der Waals surface area contributed by atoms with E-state index in [1.807, 2.05) is 18.2 Å². The summed E-state index contributed by atoms with van der Waals surface area (Å²) in [4.78, 5) is 14.7. The Morgan fingerprint density at radius 3 is 2.59 bits per heavy atom. The molecule has 2 aliphatic heterocycles. The van der Waals surface area contributed by atoms with E-state index in [1.165, 1.54) is 0 Å². The van der Waals surface area contributed by atoms with E-state index in [2.05, 4.69) is 27.7 Å². The lowest BCUT2D eigenvalue weighted by atomic mass is 9.95. The average molecular weight is 324 g/mol. The number of likely N-dealkylation sites (tertiary alicyclic amines) is 1. The Morgan fingerprint density at radius 1 is 1.14 bits per heavy atom. The van der Waals surface area contributed by atoms with E-state index in [-0.39, 0.29) is 18.3 Å². The van der Waals surface area contributed by atoms with Crippen molar-refractivity contribution < 1.29 is 4.79 Å². The number of para-hydroxylation sites is 1. The van der Waals surface area contributed by atoms with E-state index in [1.54, 1.807) is 0 Å². The molecule has 1 atom stereocenters. The van der Waals surface area contributed by atoms with E-state index < -0.39 is 0 Å². The first kappa shape index (κ1) is 17.1. The molecule has 0 aliphatic carbocycles. The van der Waals surface area contributed by atoms with Gasteiger partial charge in [0.15, 0.2) is 0 Å². The largest absolute Gasteiger partial charge is 0.381 e. The van der Waals surface area contributed by atoms with Gasteiger partial charge < -0.3 is 15.5 Å². The van der Waals surface area contributed by atoms with E-state index in [0.717, 1.165) is 57.5 Å². The lowest BCUT2D eigenvalue weighted by Gasteiger charge is -2.36. The van der Waals surface area contributed by atoms with Crippen LogP contribution in [0.15, 0.2) is 30.3 Å². The van der Waals surface area contributed by atoms with Crippen molar-refractivity contribution in [1.82, 2.24) is 10.2 Å². The second-order valence-corrected chi connectivity index (χ2v) is 6.16. The predicted molar refractivity (Wildman–Crippen MR) is 92.5 cm³/mol. The number of rotatable bonds is 3. The number of nitrogens with one attached hydrogen (secondary N) is 2. The zero-order valence-electron chi connectivity index (χ0n) is 13.0. The van der Waals surface area contributed by atoms with Crippen LogP contribution in [0.25, 0.3) is 0 Å². The van der Waals surface area contributed by atoms with E-state index in [0.29, 0.717) is 11.9 Å². The van der Waals surface area contributed by atoms with Crippen molar-refractivity contribution in [2.75, 3.05) is 31.5 Å². The highest BCUT2D eigenvalue weighted by Gasteiger charge is 2.29. The van der Waals surface area contributed by atoms with Gasteiger partial charge in [0.2, 0.25) is 5.91 Å². The molecule has 0 aromatic heterocycles. The summed E-state index contributed by atoms with van der Waals surface area (Å²) in [6, 6.07) is 10.7. The Kier molecular flexibility index (Phi) is 6.52. The predicted octanol–water partition coefficient (Wildman–Crippen LogP) is 2.51. The highest BCUT2D eigenvalue weighted by atomic mass is 35.5. The molecule has 0 radical (unpaired) electrons. The molecule has 3 rings (SSSR count). The summed E-state index contributed by atoms with van der Waals surface area (Å²) in [6.07, 6.45) is 4.23. The number of amides is 1. The van der Waals surface area contributed by atoms with E-state index >= 15 is 0 Å². The minimum absolute atomic E-state index is 0. The number of carbonyl (C=O) groups is 1. The second kappa shape index (κ2) is 8.39. The molecule has 0 saturated carbocycles. The molecule has 2 N–H and O–H groups in total. The Balaban J connectivity index is 0.00000176. The van der Waals surface area contributed by atoms with E-state index in [9.17, 15) is 4.79 Å². The molecule has 2 aliphatic rings. The number of nitrogens with zero attached hydrogens (tertiary/aromatic N) is 1. The van der Waals surface area contributed by atoms with Crippen molar-refractivity contribution in [3.63, 3.8) is 0 Å². The first-order valence-electron chi connectivity index (χ1n) is 8.14. The minimum Gasteiger partial charge on any atom is -0.381 e. The molecular weight excluding hydrogens is 298 g/mol. The fraction of sp³-hybridized carbons (Fsp3) is 0.588. The molecule has 122 valence electrons. The number of carbonyl (C=O) groups excluding carboxylic acids is 1. The van der Waals surface area contributed by atoms with Gasteiger partial charge >= 0.3 is 0 Å². The van der Waals surface area contributed by atoms with Crippen LogP contribution in [-0.2, 0) is 4.79 Å². The molecule has 2 heterocycles. The van der Waals surface area contributed by atoms with Crippen LogP contribution in [0.2, 0.25) is 0 Å². The van der Waals surface area contributed by atoms with Crippen molar-refractivity contribution in [2.24, 2.45) is 5.92 Å². The summed E-state index contributed by atoms with van der Waals surface area (Å²) >= 11 is 0. The smallest absolute Gasteiger partial charge is 0.225 e. The Bertz CT molecular complexity index is 462. The molecule has 0 bridgehead atoms. The van der Waals surface area contributed by atoms with Gasteiger partial charge in [0.1, 0.15) is 0 Å². The number of hydrogen-bond donors (Lipinski definition) is 2. The van der Waals surface area contributed by atoms with Crippen LogP contribution < -0.4 is 10.6 Å². The number of anilines is 1. The molecule has 5 heteroatoms. The first-order valence-corrected chi connectivity index (χ1v) is 8.14. The Hall–Kier alpha value is -1.26. The van der Waals surface area contributed by atoms with Gasteiger partial charge in [-0.15, -0.1) is 12.4 Å². The average Bonchev–Trinajstić information content (AvgIpc) is 2.56. The molecule has 2 saturated heterocycles. The third-order valence-corrected chi connectivity index (χ3v) is 4.57. The Morgan fingerprint density at radius 2 is 1.86 bits per heavy atom. The molecule has 22 heavy (non-hydrogen) atoms. The standard InChI is InChI=1S/C17H25N3O.ClH/c21-17(14-8-10-18-11-9-14)20-12-4-7-16(13-20)19-15-5-2-1-3-6-15;/h1-3,5-6,14,16,18-19H,4,7-13H2;1H. The summed E-state index contributed by atoms with van der Waals surface area (Å²) in [7, 11) is 0. The fourth-order valence-corrected chi connectivity index (χ4v) is 3.39. The molecule has 4 nitrogen and oxygen atoms in total. The minimum atomic E-state index is 0. The second-order valence-electron chi connectivity index (χ2n) is 6.16. The van der Waals surface area contributed by atoms with Gasteiger partial charge in [0.25, 0.3) is 0 Å².